The smallest absolute Gasteiger partial charge is 0.0591 e. The fourth-order valence-corrected chi connectivity index (χ4v) is 5.15. The largest absolute Gasteiger partial charge is 0.393 e. The van der Waals surface area contributed by atoms with E-state index in [0.29, 0.717) is 11.8 Å². The van der Waals surface area contributed by atoms with Crippen molar-refractivity contribution in [3.63, 3.8) is 0 Å². The molecule has 0 bridgehead atoms. The molecule has 136 valence electrons. The summed E-state index contributed by atoms with van der Waals surface area (Å²) in [5.41, 5.74) is 4.64. The van der Waals surface area contributed by atoms with Gasteiger partial charge in [-0.05, 0) is 84.0 Å². The molecule has 0 aromatic carbocycles. The molecule has 3 rings (SSSR count). The Labute approximate surface area is 148 Å². The molecule has 0 saturated heterocycles. The normalized spacial score (nSPS) is 32.0. The minimum atomic E-state index is -0.511. The Morgan fingerprint density at radius 1 is 1.25 bits per heavy atom. The summed E-state index contributed by atoms with van der Waals surface area (Å²) in [5.74, 6) is 1.95. The highest BCUT2D eigenvalue weighted by atomic mass is 16.3. The minimum Gasteiger partial charge on any atom is -0.393 e. The van der Waals surface area contributed by atoms with E-state index in [4.69, 9.17) is 0 Å². The van der Waals surface area contributed by atoms with Crippen molar-refractivity contribution in [3.8, 4) is 0 Å². The predicted octanol–water partition coefficient (Wildman–Crippen LogP) is 5.15. The maximum atomic E-state index is 9.99. The number of aliphatic hydroxyl groups is 2. The van der Waals surface area contributed by atoms with Crippen LogP contribution in [0.1, 0.15) is 85.0 Å². The van der Waals surface area contributed by atoms with E-state index < -0.39 is 5.60 Å². The summed E-state index contributed by atoms with van der Waals surface area (Å²) >= 11 is 0. The second-order valence-corrected chi connectivity index (χ2v) is 9.26. The van der Waals surface area contributed by atoms with E-state index >= 15 is 0 Å². The van der Waals surface area contributed by atoms with Crippen LogP contribution in [0.25, 0.3) is 0 Å². The van der Waals surface area contributed by atoms with Crippen molar-refractivity contribution in [1.82, 2.24) is 0 Å². The lowest BCUT2D eigenvalue weighted by molar-refractivity contribution is 0.0665. The summed E-state index contributed by atoms with van der Waals surface area (Å²) in [4.78, 5) is 0. The number of fused-ring (bicyclic) bond motifs is 2. The monoisotopic (exact) mass is 332 g/mol. The van der Waals surface area contributed by atoms with Crippen molar-refractivity contribution in [2.45, 2.75) is 96.7 Å². The highest BCUT2D eigenvalue weighted by molar-refractivity contribution is 5.39. The molecule has 0 saturated carbocycles. The van der Waals surface area contributed by atoms with Crippen LogP contribution >= 0.6 is 0 Å². The molecule has 24 heavy (non-hydrogen) atoms. The summed E-state index contributed by atoms with van der Waals surface area (Å²) in [6.07, 6.45) is 14.3. The zero-order valence-electron chi connectivity index (χ0n) is 15.9. The fourth-order valence-electron chi connectivity index (χ4n) is 5.15. The molecule has 2 nitrogen and oxygen atoms in total. The van der Waals surface area contributed by atoms with Gasteiger partial charge in [0, 0.05) is 5.92 Å². The van der Waals surface area contributed by atoms with Crippen molar-refractivity contribution in [1.29, 1.82) is 0 Å². The first-order chi connectivity index (χ1) is 11.3. The summed E-state index contributed by atoms with van der Waals surface area (Å²) in [6, 6.07) is 0. The van der Waals surface area contributed by atoms with Gasteiger partial charge in [0.2, 0.25) is 0 Å². The van der Waals surface area contributed by atoms with Crippen LogP contribution in [0.3, 0.4) is 0 Å². The molecule has 0 heterocycles. The number of aliphatic hydroxyl groups excluding tert-OH is 1. The van der Waals surface area contributed by atoms with Crippen molar-refractivity contribution >= 4 is 0 Å². The Morgan fingerprint density at radius 3 is 2.71 bits per heavy atom. The van der Waals surface area contributed by atoms with Gasteiger partial charge in [-0.3, -0.25) is 0 Å². The zero-order chi connectivity index (χ0) is 17.3. The van der Waals surface area contributed by atoms with Crippen LogP contribution in [-0.2, 0) is 0 Å². The van der Waals surface area contributed by atoms with Gasteiger partial charge in [0.25, 0.3) is 0 Å². The standard InChI is InChI=1S/C22H36O2/c1-15(23)17-9-10-19-13-18-8-6-16(5-4-12-22(2,3)24)7-11-20(18)21(19)14-17/h10,15-17,21,23-24H,4-9,11-14H2,1-3H3. The number of allylic oxidation sites excluding steroid dienone is 4. The van der Waals surface area contributed by atoms with Gasteiger partial charge in [-0.15, -0.1) is 0 Å². The van der Waals surface area contributed by atoms with Gasteiger partial charge in [0.1, 0.15) is 0 Å². The third-order valence-electron chi connectivity index (χ3n) is 6.72. The summed E-state index contributed by atoms with van der Waals surface area (Å²) < 4.78 is 0. The topological polar surface area (TPSA) is 40.5 Å². The van der Waals surface area contributed by atoms with E-state index in [-0.39, 0.29) is 6.10 Å². The van der Waals surface area contributed by atoms with Crippen LogP contribution in [0.2, 0.25) is 0 Å². The SMILES string of the molecule is CC(O)C1CC=C2CC3=C(CCC(CCCC(C)(C)O)CC3)C2C1. The quantitative estimate of drug-likeness (QED) is 0.683. The maximum absolute atomic E-state index is 9.99. The van der Waals surface area contributed by atoms with Crippen LogP contribution in [0.4, 0.5) is 0 Å². The molecule has 0 fully saturated rings. The molecule has 0 aromatic rings. The maximum Gasteiger partial charge on any atom is 0.0591 e. The summed E-state index contributed by atoms with van der Waals surface area (Å²) in [5, 5.41) is 19.9. The van der Waals surface area contributed by atoms with Gasteiger partial charge in [-0.2, -0.15) is 0 Å². The zero-order valence-corrected chi connectivity index (χ0v) is 15.9. The second-order valence-electron chi connectivity index (χ2n) is 9.26. The molecular weight excluding hydrogens is 296 g/mol. The Kier molecular flexibility index (Phi) is 5.56. The van der Waals surface area contributed by atoms with E-state index in [1.54, 1.807) is 16.7 Å². The molecular formula is C22H36O2. The van der Waals surface area contributed by atoms with Gasteiger partial charge < -0.3 is 10.2 Å². The van der Waals surface area contributed by atoms with Gasteiger partial charge in [-0.25, -0.2) is 0 Å². The molecule has 0 aromatic heterocycles. The van der Waals surface area contributed by atoms with Crippen LogP contribution < -0.4 is 0 Å². The molecule has 0 radical (unpaired) electrons. The first-order valence-electron chi connectivity index (χ1n) is 10.1. The summed E-state index contributed by atoms with van der Waals surface area (Å²) in [7, 11) is 0. The van der Waals surface area contributed by atoms with E-state index in [1.807, 2.05) is 20.8 Å². The lowest BCUT2D eigenvalue weighted by atomic mass is 9.77. The van der Waals surface area contributed by atoms with Crippen molar-refractivity contribution in [3.05, 3.63) is 22.8 Å². The van der Waals surface area contributed by atoms with Crippen LogP contribution in [0.15, 0.2) is 22.8 Å². The Balaban J connectivity index is 1.55. The van der Waals surface area contributed by atoms with Gasteiger partial charge >= 0.3 is 0 Å². The van der Waals surface area contributed by atoms with E-state index in [9.17, 15) is 10.2 Å². The predicted molar refractivity (Wildman–Crippen MR) is 99.7 cm³/mol. The average molecular weight is 333 g/mol. The molecule has 0 spiro atoms. The number of hydrogen-bond donors (Lipinski definition) is 2. The average Bonchev–Trinajstić information content (AvgIpc) is 2.73. The lowest BCUT2D eigenvalue weighted by Gasteiger charge is -2.30. The molecule has 0 aliphatic heterocycles. The minimum absolute atomic E-state index is 0.173. The van der Waals surface area contributed by atoms with E-state index in [1.165, 1.54) is 44.9 Å². The first-order valence-corrected chi connectivity index (χ1v) is 10.1. The van der Waals surface area contributed by atoms with Gasteiger partial charge in [0.15, 0.2) is 0 Å². The summed E-state index contributed by atoms with van der Waals surface area (Å²) in [6.45, 7) is 5.80. The molecule has 2 N–H and O–H groups in total. The van der Waals surface area contributed by atoms with Crippen LogP contribution in [0.5, 0.6) is 0 Å². The molecule has 4 unspecified atom stereocenters. The Hall–Kier alpha value is -0.600. The molecule has 4 atom stereocenters. The second kappa shape index (κ2) is 7.33. The van der Waals surface area contributed by atoms with Crippen molar-refractivity contribution in [2.24, 2.45) is 17.8 Å². The van der Waals surface area contributed by atoms with Crippen LogP contribution in [-0.4, -0.2) is 21.9 Å². The first kappa shape index (κ1) is 18.2. The van der Waals surface area contributed by atoms with Gasteiger partial charge in [0.05, 0.1) is 11.7 Å². The van der Waals surface area contributed by atoms with Crippen molar-refractivity contribution < 1.29 is 10.2 Å². The Morgan fingerprint density at radius 2 is 2.00 bits per heavy atom. The third kappa shape index (κ3) is 4.32. The lowest BCUT2D eigenvalue weighted by Crippen LogP contribution is -2.23. The van der Waals surface area contributed by atoms with Crippen LogP contribution in [0, 0.1) is 17.8 Å². The molecule has 3 aliphatic rings. The van der Waals surface area contributed by atoms with E-state index in [2.05, 4.69) is 6.08 Å². The van der Waals surface area contributed by atoms with Gasteiger partial charge in [-0.1, -0.05) is 35.6 Å². The van der Waals surface area contributed by atoms with E-state index in [0.717, 1.165) is 25.2 Å². The Bertz CT molecular complexity index is 507. The fraction of sp³-hybridized carbons (Fsp3) is 0.818. The highest BCUT2D eigenvalue weighted by Crippen LogP contribution is 2.50. The molecule has 0 amide bonds. The third-order valence-corrected chi connectivity index (χ3v) is 6.72. The number of hydrogen-bond acceptors (Lipinski definition) is 2. The molecule has 2 heteroatoms. The highest BCUT2D eigenvalue weighted by Gasteiger charge is 2.36. The molecule has 3 aliphatic carbocycles. The van der Waals surface area contributed by atoms with Crippen molar-refractivity contribution in [2.75, 3.05) is 0 Å². The number of rotatable bonds is 5.